The van der Waals surface area contributed by atoms with E-state index in [0.717, 1.165) is 76.4 Å². The molecular weight excluding hydrogens is 240 g/mol. The van der Waals surface area contributed by atoms with Crippen molar-refractivity contribution in [3.8, 4) is 0 Å². The molecule has 108 valence electrons. The molecule has 1 aliphatic heterocycles. The highest BCUT2D eigenvalue weighted by Gasteiger charge is 2.40. The summed E-state index contributed by atoms with van der Waals surface area (Å²) < 4.78 is 12.0. The van der Waals surface area contributed by atoms with Crippen LogP contribution in [-0.2, 0) is 14.3 Å². The topological polar surface area (TPSA) is 35.5 Å². The van der Waals surface area contributed by atoms with Crippen LogP contribution in [0.2, 0.25) is 0 Å². The molecule has 0 radical (unpaired) electrons. The van der Waals surface area contributed by atoms with E-state index in [-0.39, 0.29) is 5.79 Å². The molecule has 0 aromatic rings. The van der Waals surface area contributed by atoms with Gasteiger partial charge in [-0.05, 0) is 50.4 Å². The Hall–Kier alpha value is -0.410. The van der Waals surface area contributed by atoms with Gasteiger partial charge in [-0.3, -0.25) is 4.79 Å². The fourth-order valence-electron chi connectivity index (χ4n) is 4.04. The maximum absolute atomic E-state index is 11.3. The van der Waals surface area contributed by atoms with E-state index in [4.69, 9.17) is 9.47 Å². The molecule has 0 N–H and O–H groups in total. The summed E-state index contributed by atoms with van der Waals surface area (Å²) in [7, 11) is 0. The standard InChI is InChI=1S/C16H26O3/c17-15-5-3-13(4-6-15)14-7-9-16(10-8-14)18-11-1-2-12-19-16/h13-14H,1-12H2. The number of hydrogen-bond donors (Lipinski definition) is 0. The molecule has 2 saturated carbocycles. The Morgan fingerprint density at radius 3 is 1.95 bits per heavy atom. The van der Waals surface area contributed by atoms with Gasteiger partial charge in [0.1, 0.15) is 5.78 Å². The summed E-state index contributed by atoms with van der Waals surface area (Å²) in [5, 5.41) is 0. The Labute approximate surface area is 116 Å². The molecule has 3 fully saturated rings. The molecule has 1 spiro atoms. The van der Waals surface area contributed by atoms with Gasteiger partial charge in [-0.1, -0.05) is 0 Å². The van der Waals surface area contributed by atoms with Crippen LogP contribution in [0.5, 0.6) is 0 Å². The Bertz CT molecular complexity index is 298. The largest absolute Gasteiger partial charge is 0.350 e. The van der Waals surface area contributed by atoms with Gasteiger partial charge in [-0.25, -0.2) is 0 Å². The monoisotopic (exact) mass is 266 g/mol. The van der Waals surface area contributed by atoms with Crippen molar-refractivity contribution in [1.29, 1.82) is 0 Å². The third-order valence-electron chi connectivity index (χ3n) is 5.32. The zero-order valence-electron chi connectivity index (χ0n) is 11.9. The Morgan fingerprint density at radius 1 is 0.842 bits per heavy atom. The highest BCUT2D eigenvalue weighted by molar-refractivity contribution is 5.79. The van der Waals surface area contributed by atoms with Gasteiger partial charge in [0.05, 0.1) is 13.2 Å². The smallest absolute Gasteiger partial charge is 0.168 e. The molecular formula is C16H26O3. The van der Waals surface area contributed by atoms with Crippen LogP contribution in [0.1, 0.15) is 64.2 Å². The SMILES string of the molecule is O=C1CCC(C2CCC3(CC2)OCCCCO3)CC1. The maximum atomic E-state index is 11.3. The number of Topliss-reactive ketones (excluding diaryl/α,β-unsaturated/α-hetero) is 1. The van der Waals surface area contributed by atoms with Gasteiger partial charge >= 0.3 is 0 Å². The van der Waals surface area contributed by atoms with Crippen LogP contribution in [-0.4, -0.2) is 24.8 Å². The summed E-state index contributed by atoms with van der Waals surface area (Å²) in [6.45, 7) is 1.73. The lowest BCUT2D eigenvalue weighted by Crippen LogP contribution is -2.41. The van der Waals surface area contributed by atoms with Crippen molar-refractivity contribution < 1.29 is 14.3 Å². The van der Waals surface area contributed by atoms with Crippen LogP contribution in [0, 0.1) is 11.8 Å². The van der Waals surface area contributed by atoms with Crippen LogP contribution in [0.3, 0.4) is 0 Å². The van der Waals surface area contributed by atoms with Crippen molar-refractivity contribution in [2.45, 2.75) is 70.0 Å². The molecule has 3 heteroatoms. The van der Waals surface area contributed by atoms with Crippen molar-refractivity contribution >= 4 is 5.78 Å². The van der Waals surface area contributed by atoms with E-state index in [1.807, 2.05) is 0 Å². The van der Waals surface area contributed by atoms with Crippen molar-refractivity contribution in [1.82, 2.24) is 0 Å². The van der Waals surface area contributed by atoms with Crippen LogP contribution < -0.4 is 0 Å². The number of rotatable bonds is 1. The Balaban J connectivity index is 1.52. The average molecular weight is 266 g/mol. The lowest BCUT2D eigenvalue weighted by molar-refractivity contribution is -0.246. The predicted molar refractivity (Wildman–Crippen MR) is 72.8 cm³/mol. The van der Waals surface area contributed by atoms with Crippen molar-refractivity contribution in [3.63, 3.8) is 0 Å². The molecule has 0 unspecified atom stereocenters. The number of hydrogen-bond acceptors (Lipinski definition) is 3. The van der Waals surface area contributed by atoms with E-state index in [1.165, 1.54) is 12.8 Å². The van der Waals surface area contributed by atoms with E-state index in [0.29, 0.717) is 5.78 Å². The zero-order valence-corrected chi connectivity index (χ0v) is 11.9. The third kappa shape index (κ3) is 3.19. The number of ether oxygens (including phenoxy) is 2. The molecule has 0 aromatic carbocycles. The van der Waals surface area contributed by atoms with Crippen LogP contribution in [0.15, 0.2) is 0 Å². The molecule has 2 aliphatic carbocycles. The van der Waals surface area contributed by atoms with Gasteiger partial charge in [-0.2, -0.15) is 0 Å². The minimum atomic E-state index is -0.252. The van der Waals surface area contributed by atoms with Crippen LogP contribution in [0.25, 0.3) is 0 Å². The molecule has 0 bridgehead atoms. The molecule has 3 nitrogen and oxygen atoms in total. The van der Waals surface area contributed by atoms with Crippen molar-refractivity contribution in [3.05, 3.63) is 0 Å². The third-order valence-corrected chi connectivity index (χ3v) is 5.32. The Kier molecular flexibility index (Phi) is 4.23. The fraction of sp³-hybridized carbons (Fsp3) is 0.938. The normalized spacial score (nSPS) is 30.4. The first-order valence-electron chi connectivity index (χ1n) is 8.07. The van der Waals surface area contributed by atoms with Gasteiger partial charge in [0.2, 0.25) is 0 Å². The van der Waals surface area contributed by atoms with Crippen molar-refractivity contribution in [2.75, 3.05) is 13.2 Å². The highest BCUT2D eigenvalue weighted by atomic mass is 16.7. The molecule has 0 amide bonds. The van der Waals surface area contributed by atoms with E-state index < -0.39 is 0 Å². The first kappa shape index (κ1) is 13.6. The zero-order chi connectivity index (χ0) is 13.1. The van der Waals surface area contributed by atoms with E-state index >= 15 is 0 Å². The molecule has 1 heterocycles. The summed E-state index contributed by atoms with van der Waals surface area (Å²) in [4.78, 5) is 11.3. The highest BCUT2D eigenvalue weighted by Crippen LogP contribution is 2.43. The minimum absolute atomic E-state index is 0.252. The minimum Gasteiger partial charge on any atom is -0.350 e. The fourth-order valence-corrected chi connectivity index (χ4v) is 4.04. The quantitative estimate of drug-likeness (QED) is 0.729. The second-order valence-electron chi connectivity index (χ2n) is 6.53. The molecule has 3 aliphatic rings. The summed E-state index contributed by atoms with van der Waals surface area (Å²) in [5.41, 5.74) is 0. The lowest BCUT2D eigenvalue weighted by Gasteiger charge is -2.41. The van der Waals surface area contributed by atoms with E-state index in [2.05, 4.69) is 0 Å². The summed E-state index contributed by atoms with van der Waals surface area (Å²) in [6.07, 6.45) is 10.7. The maximum Gasteiger partial charge on any atom is 0.168 e. The second kappa shape index (κ2) is 5.92. The van der Waals surface area contributed by atoms with Gasteiger partial charge in [0.15, 0.2) is 5.79 Å². The summed E-state index contributed by atoms with van der Waals surface area (Å²) >= 11 is 0. The lowest BCUT2D eigenvalue weighted by atomic mass is 9.72. The molecule has 0 aromatic heterocycles. The van der Waals surface area contributed by atoms with Crippen LogP contribution >= 0.6 is 0 Å². The van der Waals surface area contributed by atoms with Gasteiger partial charge in [0, 0.05) is 25.7 Å². The summed E-state index contributed by atoms with van der Waals surface area (Å²) in [6, 6.07) is 0. The first-order chi connectivity index (χ1) is 9.27. The van der Waals surface area contributed by atoms with E-state index in [1.54, 1.807) is 0 Å². The van der Waals surface area contributed by atoms with Gasteiger partial charge < -0.3 is 9.47 Å². The Morgan fingerprint density at radius 2 is 1.37 bits per heavy atom. The summed E-state index contributed by atoms with van der Waals surface area (Å²) in [5.74, 6) is 1.80. The molecule has 1 saturated heterocycles. The average Bonchev–Trinajstić information content (AvgIpc) is 2.67. The van der Waals surface area contributed by atoms with Gasteiger partial charge in [0.25, 0.3) is 0 Å². The van der Waals surface area contributed by atoms with Crippen molar-refractivity contribution in [2.24, 2.45) is 11.8 Å². The molecule has 0 atom stereocenters. The number of carbonyl (C=O) groups is 1. The second-order valence-corrected chi connectivity index (χ2v) is 6.53. The van der Waals surface area contributed by atoms with Gasteiger partial charge in [-0.15, -0.1) is 0 Å². The number of carbonyl (C=O) groups excluding carboxylic acids is 1. The predicted octanol–water partition coefficient (Wildman–Crippen LogP) is 3.46. The van der Waals surface area contributed by atoms with E-state index in [9.17, 15) is 4.79 Å². The molecule has 3 rings (SSSR count). The molecule has 19 heavy (non-hydrogen) atoms. The first-order valence-corrected chi connectivity index (χ1v) is 8.07. The number of ketones is 1. The van der Waals surface area contributed by atoms with Crippen LogP contribution in [0.4, 0.5) is 0 Å².